The number of amidine groups is 1. The monoisotopic (exact) mass is 224 g/mol. The van der Waals surface area contributed by atoms with Crippen molar-refractivity contribution in [3.05, 3.63) is 48.0 Å². The Morgan fingerprint density at radius 1 is 1.06 bits per heavy atom. The van der Waals surface area contributed by atoms with E-state index >= 15 is 0 Å². The minimum Gasteiger partial charge on any atom is -0.373 e. The third-order valence-corrected chi connectivity index (χ3v) is 3.20. The van der Waals surface area contributed by atoms with Gasteiger partial charge in [0.15, 0.2) is 0 Å². The molecule has 3 rings (SSSR count). The zero-order valence-electron chi connectivity index (χ0n) is 9.82. The van der Waals surface area contributed by atoms with E-state index in [1.807, 2.05) is 0 Å². The van der Waals surface area contributed by atoms with Crippen molar-refractivity contribution in [1.29, 1.82) is 0 Å². The lowest BCUT2D eigenvalue weighted by molar-refractivity contribution is 0.732. The number of benzene rings is 2. The Bertz CT molecular complexity index is 552. The van der Waals surface area contributed by atoms with Gasteiger partial charge < -0.3 is 5.32 Å². The molecule has 1 heterocycles. The molecule has 86 valence electrons. The number of hydrogen-bond donors (Lipinski definition) is 1. The van der Waals surface area contributed by atoms with Crippen LogP contribution in [0.1, 0.15) is 12.0 Å². The summed E-state index contributed by atoms with van der Waals surface area (Å²) in [6, 6.07) is 15.0. The van der Waals surface area contributed by atoms with Crippen molar-refractivity contribution in [2.45, 2.75) is 12.8 Å². The summed E-state index contributed by atoms with van der Waals surface area (Å²) in [4.78, 5) is 4.54. The van der Waals surface area contributed by atoms with Gasteiger partial charge in [-0.15, -0.1) is 0 Å². The van der Waals surface area contributed by atoms with Crippen LogP contribution in [0.5, 0.6) is 0 Å². The van der Waals surface area contributed by atoms with E-state index in [0.717, 1.165) is 31.8 Å². The van der Waals surface area contributed by atoms with Gasteiger partial charge in [-0.05, 0) is 22.8 Å². The van der Waals surface area contributed by atoms with Crippen molar-refractivity contribution in [2.24, 2.45) is 4.99 Å². The fourth-order valence-electron chi connectivity index (χ4n) is 2.33. The van der Waals surface area contributed by atoms with Crippen molar-refractivity contribution < 1.29 is 0 Å². The maximum atomic E-state index is 4.54. The molecule has 1 aliphatic heterocycles. The highest BCUT2D eigenvalue weighted by Gasteiger charge is 2.07. The highest BCUT2D eigenvalue weighted by Crippen LogP contribution is 2.19. The zero-order chi connectivity index (χ0) is 11.5. The molecule has 0 spiro atoms. The lowest BCUT2D eigenvalue weighted by atomic mass is 10.0. The van der Waals surface area contributed by atoms with Gasteiger partial charge in [-0.25, -0.2) is 0 Å². The van der Waals surface area contributed by atoms with Gasteiger partial charge in [-0.3, -0.25) is 4.99 Å². The maximum Gasteiger partial charge on any atom is 0.101 e. The van der Waals surface area contributed by atoms with E-state index in [0.29, 0.717) is 0 Å². The summed E-state index contributed by atoms with van der Waals surface area (Å²) in [5, 5.41) is 6.03. The van der Waals surface area contributed by atoms with Crippen molar-refractivity contribution in [1.82, 2.24) is 5.32 Å². The number of rotatable bonds is 2. The van der Waals surface area contributed by atoms with Gasteiger partial charge in [0.05, 0.1) is 0 Å². The number of nitrogens with zero attached hydrogens (tertiary/aromatic N) is 1. The van der Waals surface area contributed by atoms with E-state index in [1.54, 1.807) is 0 Å². The molecule has 2 aromatic carbocycles. The highest BCUT2D eigenvalue weighted by molar-refractivity contribution is 5.92. The largest absolute Gasteiger partial charge is 0.373 e. The van der Waals surface area contributed by atoms with Gasteiger partial charge >= 0.3 is 0 Å². The van der Waals surface area contributed by atoms with Gasteiger partial charge in [-0.2, -0.15) is 0 Å². The fraction of sp³-hybridized carbons (Fsp3) is 0.267. The Kier molecular flexibility index (Phi) is 2.78. The fourth-order valence-corrected chi connectivity index (χ4v) is 2.33. The molecule has 2 nitrogen and oxygen atoms in total. The molecule has 0 fully saturated rings. The van der Waals surface area contributed by atoms with Crippen molar-refractivity contribution in [3.8, 4) is 0 Å². The molecule has 0 saturated carbocycles. The molecular weight excluding hydrogens is 208 g/mol. The summed E-state index contributed by atoms with van der Waals surface area (Å²) in [5.41, 5.74) is 1.36. The summed E-state index contributed by atoms with van der Waals surface area (Å²) in [6.45, 7) is 2.02. The first-order valence-electron chi connectivity index (χ1n) is 6.17. The van der Waals surface area contributed by atoms with E-state index < -0.39 is 0 Å². The van der Waals surface area contributed by atoms with Gasteiger partial charge in [0, 0.05) is 19.5 Å². The maximum absolute atomic E-state index is 4.54. The standard InChI is InChI=1S/C15H16N2/c1-2-8-14-12(5-1)6-3-7-13(14)11-15-16-9-4-10-17-15/h1-3,5-8H,4,9-11H2,(H,16,17). The highest BCUT2D eigenvalue weighted by atomic mass is 15.0. The Labute approximate surface area is 101 Å². The topological polar surface area (TPSA) is 24.4 Å². The third kappa shape index (κ3) is 2.16. The molecule has 2 aromatic rings. The normalized spacial score (nSPS) is 15.4. The van der Waals surface area contributed by atoms with E-state index in [-0.39, 0.29) is 0 Å². The number of fused-ring (bicyclic) bond motifs is 1. The van der Waals surface area contributed by atoms with Crippen LogP contribution in [0.2, 0.25) is 0 Å². The van der Waals surface area contributed by atoms with Crippen LogP contribution in [0, 0.1) is 0 Å². The van der Waals surface area contributed by atoms with Gasteiger partial charge in [0.25, 0.3) is 0 Å². The molecule has 2 heteroatoms. The SMILES string of the molecule is c1ccc2c(CC3=NCCCN3)cccc2c1. The van der Waals surface area contributed by atoms with E-state index in [4.69, 9.17) is 0 Å². The van der Waals surface area contributed by atoms with E-state index in [9.17, 15) is 0 Å². The smallest absolute Gasteiger partial charge is 0.101 e. The molecule has 0 saturated heterocycles. The molecule has 0 bridgehead atoms. The molecule has 0 atom stereocenters. The molecule has 0 radical (unpaired) electrons. The Balaban J connectivity index is 1.97. The molecule has 1 N–H and O–H groups in total. The Morgan fingerprint density at radius 3 is 2.82 bits per heavy atom. The Morgan fingerprint density at radius 2 is 1.94 bits per heavy atom. The van der Waals surface area contributed by atoms with Gasteiger partial charge in [0.2, 0.25) is 0 Å². The predicted octanol–water partition coefficient (Wildman–Crippen LogP) is 2.77. The number of aliphatic imine (C=N–C) groups is 1. The molecule has 17 heavy (non-hydrogen) atoms. The van der Waals surface area contributed by atoms with Crippen LogP contribution in [0.25, 0.3) is 10.8 Å². The predicted molar refractivity (Wildman–Crippen MR) is 72.6 cm³/mol. The molecule has 0 unspecified atom stereocenters. The van der Waals surface area contributed by atoms with E-state index in [2.05, 4.69) is 52.8 Å². The molecule has 0 amide bonds. The van der Waals surface area contributed by atoms with Crippen molar-refractivity contribution in [2.75, 3.05) is 13.1 Å². The third-order valence-electron chi connectivity index (χ3n) is 3.20. The van der Waals surface area contributed by atoms with Crippen LogP contribution >= 0.6 is 0 Å². The first-order valence-corrected chi connectivity index (χ1v) is 6.17. The summed E-state index contributed by atoms with van der Waals surface area (Å²) in [6.07, 6.45) is 2.07. The second-order valence-corrected chi connectivity index (χ2v) is 4.42. The quantitative estimate of drug-likeness (QED) is 0.833. The van der Waals surface area contributed by atoms with Crippen LogP contribution < -0.4 is 5.32 Å². The number of hydrogen-bond acceptors (Lipinski definition) is 2. The minimum atomic E-state index is 0.918. The second-order valence-electron chi connectivity index (χ2n) is 4.42. The average Bonchev–Trinajstić information content (AvgIpc) is 2.40. The molecule has 0 aromatic heterocycles. The van der Waals surface area contributed by atoms with Gasteiger partial charge in [-0.1, -0.05) is 42.5 Å². The van der Waals surface area contributed by atoms with Crippen LogP contribution in [0.3, 0.4) is 0 Å². The van der Waals surface area contributed by atoms with Crippen LogP contribution in [0.4, 0.5) is 0 Å². The van der Waals surface area contributed by atoms with Gasteiger partial charge in [0.1, 0.15) is 5.84 Å². The van der Waals surface area contributed by atoms with Crippen LogP contribution in [-0.2, 0) is 6.42 Å². The van der Waals surface area contributed by atoms with Crippen LogP contribution in [0.15, 0.2) is 47.5 Å². The lowest BCUT2D eigenvalue weighted by Crippen LogP contribution is -2.30. The number of nitrogens with one attached hydrogen (secondary N) is 1. The average molecular weight is 224 g/mol. The molecule has 0 aliphatic carbocycles. The summed E-state index contributed by atoms with van der Waals surface area (Å²) in [7, 11) is 0. The van der Waals surface area contributed by atoms with Crippen LogP contribution in [-0.4, -0.2) is 18.9 Å². The molecule has 1 aliphatic rings. The summed E-state index contributed by atoms with van der Waals surface area (Å²) >= 11 is 0. The van der Waals surface area contributed by atoms with E-state index in [1.165, 1.54) is 16.3 Å². The van der Waals surface area contributed by atoms with Crippen molar-refractivity contribution in [3.63, 3.8) is 0 Å². The molecular formula is C15H16N2. The second kappa shape index (κ2) is 4.58. The minimum absolute atomic E-state index is 0.918. The van der Waals surface area contributed by atoms with Crippen molar-refractivity contribution >= 4 is 16.6 Å². The Hall–Kier alpha value is -1.83. The first kappa shape index (κ1) is 10.3. The lowest BCUT2D eigenvalue weighted by Gasteiger charge is -2.15. The summed E-state index contributed by atoms with van der Waals surface area (Å²) in [5.74, 6) is 1.13. The summed E-state index contributed by atoms with van der Waals surface area (Å²) < 4.78 is 0. The first-order chi connectivity index (χ1) is 8.43. The zero-order valence-corrected chi connectivity index (χ0v) is 9.82.